The maximum absolute atomic E-state index is 10.7. The lowest BCUT2D eigenvalue weighted by atomic mass is 10.3. The smallest absolute Gasteiger partial charge is 0.308 e. The van der Waals surface area contributed by atoms with Crippen LogP contribution in [0, 0.1) is 0 Å². The van der Waals surface area contributed by atoms with Crippen molar-refractivity contribution in [2.24, 2.45) is 0 Å². The van der Waals surface area contributed by atoms with Gasteiger partial charge in [0.05, 0.1) is 0 Å². The molecule has 0 fully saturated rings. The summed E-state index contributed by atoms with van der Waals surface area (Å²) < 4.78 is 10.4. The summed E-state index contributed by atoms with van der Waals surface area (Å²) in [4.78, 5) is 10.7. The lowest BCUT2D eigenvalue weighted by molar-refractivity contribution is -0.131. The van der Waals surface area contributed by atoms with Crippen molar-refractivity contribution in [2.75, 3.05) is 6.61 Å². The van der Waals surface area contributed by atoms with Gasteiger partial charge in [0.15, 0.2) is 0 Å². The van der Waals surface area contributed by atoms with Crippen LogP contribution in [0.25, 0.3) is 0 Å². The lowest BCUT2D eigenvalue weighted by Gasteiger charge is -2.05. The van der Waals surface area contributed by atoms with Crippen LogP contribution in [0.4, 0.5) is 0 Å². The third-order valence-electron chi connectivity index (χ3n) is 1.83. The monoisotopic (exact) mass is 220 g/mol. The SMILES string of the molecule is CC(=O)Oc1ccc(OCC=C(C)C)cc1. The quantitative estimate of drug-likeness (QED) is 0.444. The van der Waals surface area contributed by atoms with Crippen LogP contribution in [0.15, 0.2) is 35.9 Å². The lowest BCUT2D eigenvalue weighted by Crippen LogP contribution is -2.01. The van der Waals surface area contributed by atoms with E-state index in [9.17, 15) is 4.79 Å². The predicted molar refractivity (Wildman–Crippen MR) is 62.7 cm³/mol. The van der Waals surface area contributed by atoms with Gasteiger partial charge in [0.25, 0.3) is 0 Å². The number of esters is 1. The third kappa shape index (κ3) is 4.64. The van der Waals surface area contributed by atoms with Crippen LogP contribution in [-0.2, 0) is 4.79 Å². The molecule has 0 heterocycles. The molecular formula is C13H16O3. The maximum atomic E-state index is 10.7. The van der Waals surface area contributed by atoms with Crippen molar-refractivity contribution < 1.29 is 14.3 Å². The highest BCUT2D eigenvalue weighted by Gasteiger charge is 1.98. The van der Waals surface area contributed by atoms with Crippen LogP contribution >= 0.6 is 0 Å². The molecule has 0 atom stereocenters. The van der Waals surface area contributed by atoms with Gasteiger partial charge in [-0.2, -0.15) is 0 Å². The van der Waals surface area contributed by atoms with Gasteiger partial charge in [-0.15, -0.1) is 0 Å². The molecule has 0 amide bonds. The van der Waals surface area contributed by atoms with Crippen molar-refractivity contribution in [3.8, 4) is 11.5 Å². The summed E-state index contributed by atoms with van der Waals surface area (Å²) in [6, 6.07) is 6.96. The first kappa shape index (κ1) is 12.3. The summed E-state index contributed by atoms with van der Waals surface area (Å²) in [5.41, 5.74) is 1.22. The fourth-order valence-electron chi connectivity index (χ4n) is 1.07. The number of rotatable bonds is 4. The zero-order chi connectivity index (χ0) is 12.0. The van der Waals surface area contributed by atoms with E-state index in [2.05, 4.69) is 0 Å². The number of allylic oxidation sites excluding steroid dienone is 1. The van der Waals surface area contributed by atoms with Gasteiger partial charge in [-0.25, -0.2) is 0 Å². The van der Waals surface area contributed by atoms with E-state index in [0.717, 1.165) is 5.75 Å². The molecule has 0 saturated heterocycles. The van der Waals surface area contributed by atoms with Crippen molar-refractivity contribution in [3.05, 3.63) is 35.9 Å². The fourth-order valence-corrected chi connectivity index (χ4v) is 1.07. The zero-order valence-corrected chi connectivity index (χ0v) is 9.82. The molecule has 0 bridgehead atoms. The Morgan fingerprint density at radius 3 is 2.19 bits per heavy atom. The van der Waals surface area contributed by atoms with E-state index in [4.69, 9.17) is 9.47 Å². The average molecular weight is 220 g/mol. The molecular weight excluding hydrogens is 204 g/mol. The van der Waals surface area contributed by atoms with E-state index in [1.807, 2.05) is 19.9 Å². The summed E-state index contributed by atoms with van der Waals surface area (Å²) in [5.74, 6) is 0.966. The fraction of sp³-hybridized carbons (Fsp3) is 0.308. The molecule has 0 aliphatic heterocycles. The van der Waals surface area contributed by atoms with Crippen molar-refractivity contribution in [2.45, 2.75) is 20.8 Å². The zero-order valence-electron chi connectivity index (χ0n) is 9.82. The molecule has 0 N–H and O–H groups in total. The second kappa shape index (κ2) is 5.95. The Balaban J connectivity index is 2.51. The van der Waals surface area contributed by atoms with E-state index in [1.54, 1.807) is 24.3 Å². The molecule has 0 aliphatic rings. The summed E-state index contributed by atoms with van der Waals surface area (Å²) in [5, 5.41) is 0. The maximum Gasteiger partial charge on any atom is 0.308 e. The normalized spacial score (nSPS) is 9.44. The Morgan fingerprint density at radius 1 is 1.12 bits per heavy atom. The molecule has 0 spiro atoms. The van der Waals surface area contributed by atoms with E-state index in [-0.39, 0.29) is 5.97 Å². The van der Waals surface area contributed by atoms with Crippen LogP contribution in [-0.4, -0.2) is 12.6 Å². The first-order valence-corrected chi connectivity index (χ1v) is 5.12. The molecule has 0 aromatic heterocycles. The Kier molecular flexibility index (Phi) is 4.58. The Bertz CT molecular complexity index is 373. The van der Waals surface area contributed by atoms with Gasteiger partial charge in [-0.3, -0.25) is 4.79 Å². The van der Waals surface area contributed by atoms with Gasteiger partial charge in [-0.05, 0) is 44.2 Å². The third-order valence-corrected chi connectivity index (χ3v) is 1.83. The number of benzene rings is 1. The summed E-state index contributed by atoms with van der Waals surface area (Å²) in [6.45, 7) is 5.97. The first-order chi connectivity index (χ1) is 7.58. The molecule has 3 nitrogen and oxygen atoms in total. The Morgan fingerprint density at radius 2 is 1.69 bits per heavy atom. The van der Waals surface area contributed by atoms with Crippen LogP contribution < -0.4 is 9.47 Å². The summed E-state index contributed by atoms with van der Waals surface area (Å²) >= 11 is 0. The summed E-state index contributed by atoms with van der Waals surface area (Å²) in [7, 11) is 0. The Labute approximate surface area is 95.7 Å². The van der Waals surface area contributed by atoms with Crippen LogP contribution in [0.5, 0.6) is 11.5 Å². The second-order valence-electron chi connectivity index (χ2n) is 3.66. The minimum atomic E-state index is -0.321. The molecule has 1 rings (SSSR count). The first-order valence-electron chi connectivity index (χ1n) is 5.12. The average Bonchev–Trinajstić information content (AvgIpc) is 2.19. The topological polar surface area (TPSA) is 35.5 Å². The molecule has 86 valence electrons. The molecule has 1 aromatic carbocycles. The minimum Gasteiger partial charge on any atom is -0.490 e. The predicted octanol–water partition coefficient (Wildman–Crippen LogP) is 2.96. The molecule has 0 saturated carbocycles. The Hall–Kier alpha value is -1.77. The van der Waals surface area contributed by atoms with Crippen molar-refractivity contribution in [1.82, 2.24) is 0 Å². The molecule has 1 aromatic rings. The van der Waals surface area contributed by atoms with Crippen molar-refractivity contribution in [3.63, 3.8) is 0 Å². The molecule has 3 heteroatoms. The van der Waals surface area contributed by atoms with E-state index in [1.165, 1.54) is 12.5 Å². The van der Waals surface area contributed by atoms with Gasteiger partial charge in [-0.1, -0.05) is 5.57 Å². The van der Waals surface area contributed by atoms with Crippen molar-refractivity contribution in [1.29, 1.82) is 0 Å². The van der Waals surface area contributed by atoms with E-state index >= 15 is 0 Å². The highest BCUT2D eigenvalue weighted by atomic mass is 16.5. The summed E-state index contributed by atoms with van der Waals surface area (Å²) in [6.07, 6.45) is 2.00. The van der Waals surface area contributed by atoms with Crippen LogP contribution in [0.3, 0.4) is 0 Å². The number of hydrogen-bond acceptors (Lipinski definition) is 3. The van der Waals surface area contributed by atoms with Gasteiger partial charge in [0, 0.05) is 6.92 Å². The number of carbonyl (C=O) groups excluding carboxylic acids is 1. The minimum absolute atomic E-state index is 0.321. The van der Waals surface area contributed by atoms with Crippen LogP contribution in [0.1, 0.15) is 20.8 Å². The molecule has 0 radical (unpaired) electrons. The van der Waals surface area contributed by atoms with Crippen LogP contribution in [0.2, 0.25) is 0 Å². The molecule has 0 aliphatic carbocycles. The highest BCUT2D eigenvalue weighted by Crippen LogP contribution is 2.17. The highest BCUT2D eigenvalue weighted by molar-refractivity contribution is 5.69. The van der Waals surface area contributed by atoms with Gasteiger partial charge in [0.1, 0.15) is 18.1 Å². The van der Waals surface area contributed by atoms with Gasteiger partial charge in [0.2, 0.25) is 0 Å². The van der Waals surface area contributed by atoms with E-state index < -0.39 is 0 Å². The number of ether oxygens (including phenoxy) is 2. The second-order valence-corrected chi connectivity index (χ2v) is 3.66. The number of hydrogen-bond donors (Lipinski definition) is 0. The standard InChI is InChI=1S/C13H16O3/c1-10(2)8-9-15-12-4-6-13(7-5-12)16-11(3)14/h4-8H,9H2,1-3H3. The van der Waals surface area contributed by atoms with Gasteiger partial charge >= 0.3 is 5.97 Å². The number of carbonyl (C=O) groups is 1. The largest absolute Gasteiger partial charge is 0.490 e. The van der Waals surface area contributed by atoms with Gasteiger partial charge < -0.3 is 9.47 Å². The molecule has 0 unspecified atom stereocenters. The molecule has 16 heavy (non-hydrogen) atoms. The van der Waals surface area contributed by atoms with E-state index in [0.29, 0.717) is 12.4 Å². The van der Waals surface area contributed by atoms with Crippen molar-refractivity contribution >= 4 is 5.97 Å².